The van der Waals surface area contributed by atoms with E-state index < -0.39 is 17.7 Å². The molecule has 1 N–H and O–H groups in total. The average Bonchev–Trinajstić information content (AvgIpc) is 3.08. The molecule has 0 bridgehead atoms. The van der Waals surface area contributed by atoms with Crippen LogP contribution in [0.3, 0.4) is 0 Å². The molecule has 1 fully saturated rings. The molecule has 3 aromatic rings. The molecule has 0 saturated carbocycles. The van der Waals surface area contributed by atoms with Crippen LogP contribution in [0, 0.1) is 5.82 Å². The van der Waals surface area contributed by atoms with E-state index in [0.717, 1.165) is 5.56 Å². The number of halogens is 1. The third-order valence-electron chi connectivity index (χ3n) is 5.59. The van der Waals surface area contributed by atoms with E-state index in [9.17, 15) is 19.1 Å². The summed E-state index contributed by atoms with van der Waals surface area (Å²) in [5.74, 6) is -1.46. The summed E-state index contributed by atoms with van der Waals surface area (Å²) in [6, 6.07) is 15.5. The number of likely N-dealkylation sites (tertiary alicyclic amines) is 1. The van der Waals surface area contributed by atoms with Crippen molar-refractivity contribution < 1.29 is 23.8 Å². The zero-order valence-electron chi connectivity index (χ0n) is 18.9. The summed E-state index contributed by atoms with van der Waals surface area (Å²) in [5, 5.41) is 11.1. The molecule has 0 aliphatic carbocycles. The van der Waals surface area contributed by atoms with E-state index in [-0.39, 0.29) is 29.8 Å². The largest absolute Gasteiger partial charge is 0.507 e. The number of hydrogen-bond donors (Lipinski definition) is 1. The second-order valence-corrected chi connectivity index (χ2v) is 8.34. The number of aliphatic hydroxyl groups excluding tert-OH is 1. The van der Waals surface area contributed by atoms with E-state index >= 15 is 0 Å². The molecule has 6 nitrogen and oxygen atoms in total. The molecule has 4 rings (SSSR count). The maximum absolute atomic E-state index is 13.3. The van der Waals surface area contributed by atoms with Crippen LogP contribution in [0.5, 0.6) is 5.75 Å². The highest BCUT2D eigenvalue weighted by molar-refractivity contribution is 6.46. The third-order valence-corrected chi connectivity index (χ3v) is 5.59. The SMILES string of the molecule is CC(C)Oc1cccc(C2/C(=C(/O)c3ccncc3)C(=O)C(=O)N2CCc2ccc(F)cc2)c1. The molecule has 1 aromatic heterocycles. The Morgan fingerprint density at radius 2 is 1.79 bits per heavy atom. The molecule has 1 atom stereocenters. The van der Waals surface area contributed by atoms with Gasteiger partial charge in [0.25, 0.3) is 11.7 Å². The van der Waals surface area contributed by atoms with Crippen molar-refractivity contribution >= 4 is 17.4 Å². The van der Waals surface area contributed by atoms with Crippen LogP contribution in [0.2, 0.25) is 0 Å². The van der Waals surface area contributed by atoms with E-state index in [1.165, 1.54) is 29.4 Å². The van der Waals surface area contributed by atoms with Gasteiger partial charge in [-0.15, -0.1) is 0 Å². The van der Waals surface area contributed by atoms with Gasteiger partial charge in [-0.3, -0.25) is 14.6 Å². The van der Waals surface area contributed by atoms with Crippen molar-refractivity contribution in [3.63, 3.8) is 0 Å². The number of pyridine rings is 1. The van der Waals surface area contributed by atoms with Gasteiger partial charge in [0.15, 0.2) is 0 Å². The summed E-state index contributed by atoms with van der Waals surface area (Å²) in [5.41, 5.74) is 1.88. The topological polar surface area (TPSA) is 79.7 Å². The molecule has 0 radical (unpaired) electrons. The van der Waals surface area contributed by atoms with Gasteiger partial charge in [0.2, 0.25) is 0 Å². The summed E-state index contributed by atoms with van der Waals surface area (Å²) in [4.78, 5) is 31.6. The molecule has 1 saturated heterocycles. The number of nitrogens with zero attached hydrogens (tertiary/aromatic N) is 2. The Hall–Kier alpha value is -4.00. The van der Waals surface area contributed by atoms with Gasteiger partial charge < -0.3 is 14.7 Å². The predicted octanol–water partition coefficient (Wildman–Crippen LogP) is 4.67. The Bertz CT molecular complexity index is 1220. The van der Waals surface area contributed by atoms with Crippen LogP contribution < -0.4 is 4.74 Å². The Labute approximate surface area is 197 Å². The highest BCUT2D eigenvalue weighted by Gasteiger charge is 2.46. The molecule has 174 valence electrons. The zero-order valence-corrected chi connectivity index (χ0v) is 18.9. The lowest BCUT2D eigenvalue weighted by molar-refractivity contribution is -0.139. The summed E-state index contributed by atoms with van der Waals surface area (Å²) in [6.07, 6.45) is 3.37. The fourth-order valence-electron chi connectivity index (χ4n) is 4.05. The smallest absolute Gasteiger partial charge is 0.295 e. The molecule has 1 aliphatic heterocycles. The number of rotatable bonds is 7. The van der Waals surface area contributed by atoms with Crippen molar-refractivity contribution in [3.05, 3.63) is 101 Å². The van der Waals surface area contributed by atoms with Crippen LogP contribution in [-0.4, -0.2) is 39.3 Å². The van der Waals surface area contributed by atoms with E-state index in [0.29, 0.717) is 23.3 Å². The van der Waals surface area contributed by atoms with Gasteiger partial charge in [-0.25, -0.2) is 4.39 Å². The quantitative estimate of drug-likeness (QED) is 0.315. The zero-order chi connectivity index (χ0) is 24.2. The van der Waals surface area contributed by atoms with E-state index in [1.807, 2.05) is 13.8 Å². The third kappa shape index (κ3) is 4.83. The Kier molecular flexibility index (Phi) is 6.72. The minimum absolute atomic E-state index is 0.0111. The molecule has 1 aliphatic rings. The number of carbonyl (C=O) groups is 2. The molecule has 34 heavy (non-hydrogen) atoms. The number of aliphatic hydroxyl groups is 1. The van der Waals surface area contributed by atoms with Gasteiger partial charge in [-0.1, -0.05) is 24.3 Å². The number of hydrogen-bond acceptors (Lipinski definition) is 5. The fraction of sp³-hybridized carbons (Fsp3) is 0.222. The molecular weight excluding hydrogens is 435 g/mol. The van der Waals surface area contributed by atoms with Gasteiger partial charge in [0.1, 0.15) is 17.3 Å². The number of aromatic nitrogens is 1. The standard InChI is InChI=1S/C27H25FN2O4/c1-17(2)34-22-5-3-4-20(16-22)24-23(25(31)19-10-13-29-14-11-19)26(32)27(33)30(24)15-12-18-6-8-21(28)9-7-18/h3-11,13-14,16-17,24,31H,12,15H2,1-2H3/b25-23-. The number of ether oxygens (including phenoxy) is 1. The Morgan fingerprint density at radius 1 is 1.09 bits per heavy atom. The Morgan fingerprint density at radius 3 is 2.47 bits per heavy atom. The van der Waals surface area contributed by atoms with Crippen LogP contribution in [0.25, 0.3) is 5.76 Å². The molecular formula is C27H25FN2O4. The maximum Gasteiger partial charge on any atom is 0.295 e. The number of carbonyl (C=O) groups excluding carboxylic acids is 2. The van der Waals surface area contributed by atoms with Crippen molar-refractivity contribution in [2.45, 2.75) is 32.4 Å². The lowest BCUT2D eigenvalue weighted by atomic mass is 9.95. The number of ketones is 1. The van der Waals surface area contributed by atoms with Crippen molar-refractivity contribution in [3.8, 4) is 5.75 Å². The van der Waals surface area contributed by atoms with Crippen LogP contribution in [0.1, 0.15) is 36.6 Å². The minimum Gasteiger partial charge on any atom is -0.507 e. The molecule has 1 unspecified atom stereocenters. The summed E-state index contributed by atoms with van der Waals surface area (Å²) in [7, 11) is 0. The van der Waals surface area contributed by atoms with Gasteiger partial charge in [-0.05, 0) is 67.8 Å². The van der Waals surface area contributed by atoms with Gasteiger partial charge in [0.05, 0.1) is 17.7 Å². The fourth-order valence-corrected chi connectivity index (χ4v) is 4.05. The first-order valence-corrected chi connectivity index (χ1v) is 11.0. The normalized spacial score (nSPS) is 17.4. The first-order chi connectivity index (χ1) is 16.3. The van der Waals surface area contributed by atoms with E-state index in [2.05, 4.69) is 4.98 Å². The van der Waals surface area contributed by atoms with Crippen LogP contribution in [0.15, 0.2) is 78.6 Å². The first kappa shape index (κ1) is 23.2. The lowest BCUT2D eigenvalue weighted by Gasteiger charge is -2.26. The molecule has 7 heteroatoms. The minimum atomic E-state index is -0.802. The molecule has 0 spiro atoms. The number of benzene rings is 2. The van der Waals surface area contributed by atoms with Crippen LogP contribution in [-0.2, 0) is 16.0 Å². The lowest BCUT2D eigenvalue weighted by Crippen LogP contribution is -2.31. The molecule has 2 aromatic carbocycles. The second kappa shape index (κ2) is 9.87. The molecule has 2 heterocycles. The summed E-state index contributed by atoms with van der Waals surface area (Å²) in [6.45, 7) is 4.03. The highest BCUT2D eigenvalue weighted by Crippen LogP contribution is 2.40. The van der Waals surface area contributed by atoms with Gasteiger partial charge >= 0.3 is 0 Å². The highest BCUT2D eigenvalue weighted by atomic mass is 19.1. The van der Waals surface area contributed by atoms with Gasteiger partial charge in [0, 0.05) is 24.5 Å². The summed E-state index contributed by atoms with van der Waals surface area (Å²) < 4.78 is 19.1. The van der Waals surface area contributed by atoms with Crippen LogP contribution in [0.4, 0.5) is 4.39 Å². The maximum atomic E-state index is 13.3. The van der Waals surface area contributed by atoms with Gasteiger partial charge in [-0.2, -0.15) is 0 Å². The number of amides is 1. The van der Waals surface area contributed by atoms with Crippen molar-refractivity contribution in [2.24, 2.45) is 0 Å². The van der Waals surface area contributed by atoms with E-state index in [4.69, 9.17) is 4.74 Å². The van der Waals surface area contributed by atoms with E-state index in [1.54, 1.807) is 48.5 Å². The van der Waals surface area contributed by atoms with Crippen molar-refractivity contribution in [1.82, 2.24) is 9.88 Å². The summed E-state index contributed by atoms with van der Waals surface area (Å²) >= 11 is 0. The first-order valence-electron chi connectivity index (χ1n) is 11.0. The average molecular weight is 461 g/mol. The monoisotopic (exact) mass is 460 g/mol. The van der Waals surface area contributed by atoms with Crippen LogP contribution >= 0.6 is 0 Å². The second-order valence-electron chi connectivity index (χ2n) is 8.34. The van der Waals surface area contributed by atoms with Crippen molar-refractivity contribution in [1.29, 1.82) is 0 Å². The number of Topliss-reactive ketones (excluding diaryl/α,β-unsaturated/α-hetero) is 1. The van der Waals surface area contributed by atoms with Crippen molar-refractivity contribution in [2.75, 3.05) is 6.54 Å². The predicted molar refractivity (Wildman–Crippen MR) is 126 cm³/mol. The Balaban J connectivity index is 1.77. The molecule has 1 amide bonds.